The molecule has 0 spiro atoms. The van der Waals surface area contributed by atoms with Crippen molar-refractivity contribution in [2.45, 2.75) is 53.7 Å². The number of para-hydroxylation sites is 1. The summed E-state index contributed by atoms with van der Waals surface area (Å²) < 4.78 is 7.18. The Bertz CT molecular complexity index is 867. The highest BCUT2D eigenvalue weighted by molar-refractivity contribution is 5.79. The second-order valence-electron chi connectivity index (χ2n) is 8.02. The lowest BCUT2D eigenvalue weighted by atomic mass is 10.2. The topological polar surface area (TPSA) is 92.6 Å². The largest absolute Gasteiger partial charge is 0.444 e. The molecule has 0 unspecified atom stereocenters. The van der Waals surface area contributed by atoms with Gasteiger partial charge in [-0.15, -0.1) is 0 Å². The summed E-state index contributed by atoms with van der Waals surface area (Å²) in [5, 5.41) is 13.8. The second-order valence-corrected chi connectivity index (χ2v) is 8.02. The van der Waals surface area contributed by atoms with E-state index < -0.39 is 11.7 Å². The molecule has 0 aliphatic carbocycles. The Hall–Kier alpha value is -3.03. The van der Waals surface area contributed by atoms with Gasteiger partial charge in [0.25, 0.3) is 0 Å². The number of alkyl carbamates (subject to hydrolysis) is 1. The van der Waals surface area contributed by atoms with Gasteiger partial charge in [-0.2, -0.15) is 5.10 Å². The number of nitrogens with zero attached hydrogens (tertiary/aromatic N) is 3. The van der Waals surface area contributed by atoms with Gasteiger partial charge in [0.15, 0.2) is 5.96 Å². The number of carbonyl (C=O) groups excluding carboxylic acids is 1. The second kappa shape index (κ2) is 10.7. The molecule has 30 heavy (non-hydrogen) atoms. The summed E-state index contributed by atoms with van der Waals surface area (Å²) in [4.78, 5) is 16.4. The normalized spacial score (nSPS) is 11.9. The molecule has 0 saturated heterocycles. The Kier molecular flexibility index (Phi) is 8.26. The van der Waals surface area contributed by atoms with Gasteiger partial charge in [-0.3, -0.25) is 0 Å². The summed E-state index contributed by atoms with van der Waals surface area (Å²) in [5.74, 6) is 0.687. The molecule has 8 heteroatoms. The van der Waals surface area contributed by atoms with Gasteiger partial charge in [-0.25, -0.2) is 14.5 Å². The fourth-order valence-corrected chi connectivity index (χ4v) is 2.89. The summed E-state index contributed by atoms with van der Waals surface area (Å²) in [6.45, 7) is 13.8. The van der Waals surface area contributed by atoms with E-state index in [0.717, 1.165) is 29.2 Å². The van der Waals surface area contributed by atoms with E-state index in [4.69, 9.17) is 9.73 Å². The molecule has 2 aromatic rings. The summed E-state index contributed by atoms with van der Waals surface area (Å²) in [6.07, 6.45) is -0.426. The van der Waals surface area contributed by atoms with Crippen molar-refractivity contribution in [3.8, 4) is 5.69 Å². The van der Waals surface area contributed by atoms with Crippen LogP contribution in [-0.2, 0) is 11.3 Å². The number of guanidine groups is 1. The molecule has 8 nitrogen and oxygen atoms in total. The van der Waals surface area contributed by atoms with Gasteiger partial charge in [0.2, 0.25) is 0 Å². The van der Waals surface area contributed by atoms with Crippen molar-refractivity contribution in [3.05, 3.63) is 47.3 Å². The fraction of sp³-hybridized carbons (Fsp3) is 0.500. The molecule has 0 atom stereocenters. The molecule has 0 bridgehead atoms. The predicted octanol–water partition coefficient (Wildman–Crippen LogP) is 3.07. The number of ether oxygens (including phenoxy) is 1. The Morgan fingerprint density at radius 1 is 1.13 bits per heavy atom. The number of hydrogen-bond acceptors (Lipinski definition) is 4. The molecule has 0 fully saturated rings. The lowest BCUT2D eigenvalue weighted by molar-refractivity contribution is 0.0529. The zero-order valence-electron chi connectivity index (χ0n) is 18.9. The van der Waals surface area contributed by atoms with E-state index in [1.165, 1.54) is 0 Å². The highest BCUT2D eigenvalue weighted by Crippen LogP contribution is 2.17. The Morgan fingerprint density at radius 2 is 1.83 bits per heavy atom. The van der Waals surface area contributed by atoms with E-state index in [0.29, 0.717) is 25.6 Å². The number of rotatable bonds is 7. The first-order chi connectivity index (χ1) is 14.2. The average molecular weight is 415 g/mol. The van der Waals surface area contributed by atoms with Crippen molar-refractivity contribution in [2.24, 2.45) is 4.99 Å². The van der Waals surface area contributed by atoms with Gasteiger partial charge in [-0.05, 0) is 59.2 Å². The first kappa shape index (κ1) is 23.3. The number of nitrogens with one attached hydrogen (secondary N) is 3. The maximum atomic E-state index is 11.7. The first-order valence-electron chi connectivity index (χ1n) is 10.3. The predicted molar refractivity (Wildman–Crippen MR) is 120 cm³/mol. The molecule has 0 radical (unpaired) electrons. The highest BCUT2D eigenvalue weighted by atomic mass is 16.6. The third-order valence-electron chi connectivity index (χ3n) is 4.07. The van der Waals surface area contributed by atoms with Gasteiger partial charge in [0.1, 0.15) is 5.60 Å². The maximum Gasteiger partial charge on any atom is 0.407 e. The third kappa shape index (κ3) is 7.42. The lowest BCUT2D eigenvalue weighted by Crippen LogP contribution is -2.42. The molecular formula is C22H34N6O2. The van der Waals surface area contributed by atoms with Gasteiger partial charge >= 0.3 is 6.09 Å². The van der Waals surface area contributed by atoms with Crippen LogP contribution in [0.3, 0.4) is 0 Å². The minimum absolute atomic E-state index is 0.426. The van der Waals surface area contributed by atoms with Crippen LogP contribution in [-0.4, -0.2) is 47.1 Å². The molecule has 3 N–H and O–H groups in total. The Balaban J connectivity index is 1.98. The van der Waals surface area contributed by atoms with E-state index >= 15 is 0 Å². The summed E-state index contributed by atoms with van der Waals surface area (Å²) in [5.41, 5.74) is 3.66. The number of amides is 1. The van der Waals surface area contributed by atoms with E-state index in [1.807, 2.05) is 58.4 Å². The van der Waals surface area contributed by atoms with Crippen LogP contribution in [0, 0.1) is 13.8 Å². The van der Waals surface area contributed by atoms with Crippen LogP contribution in [0.2, 0.25) is 0 Å². The van der Waals surface area contributed by atoms with Gasteiger partial charge in [-0.1, -0.05) is 18.2 Å². The summed E-state index contributed by atoms with van der Waals surface area (Å²) in [7, 11) is 0. The first-order valence-corrected chi connectivity index (χ1v) is 10.3. The quantitative estimate of drug-likeness (QED) is 0.368. The number of aromatic nitrogens is 2. The van der Waals surface area contributed by atoms with Crippen LogP contribution in [0.5, 0.6) is 0 Å². The Labute approximate surface area is 179 Å². The van der Waals surface area contributed by atoms with Crippen LogP contribution in [0.25, 0.3) is 5.69 Å². The minimum Gasteiger partial charge on any atom is -0.444 e. The standard InChI is InChI=1S/C22H34N6O2/c1-7-23-20(24-12-13-25-21(29)30-22(4,5)6)26-15-18-10-8-9-11-19(18)28-17(3)14-16(2)27-28/h8-11,14H,7,12-13,15H2,1-6H3,(H,25,29)(H2,23,24,26). The van der Waals surface area contributed by atoms with Crippen LogP contribution in [0.1, 0.15) is 44.6 Å². The molecule has 0 saturated carbocycles. The van der Waals surface area contributed by atoms with E-state index in [1.54, 1.807) is 0 Å². The SMILES string of the molecule is CCNC(=NCc1ccccc1-n1nc(C)cc1C)NCCNC(=O)OC(C)(C)C. The number of aliphatic imine (C=N–C) groups is 1. The van der Waals surface area contributed by atoms with Crippen molar-refractivity contribution >= 4 is 12.1 Å². The van der Waals surface area contributed by atoms with Crippen molar-refractivity contribution in [3.63, 3.8) is 0 Å². The minimum atomic E-state index is -0.507. The number of carbonyl (C=O) groups is 1. The van der Waals surface area contributed by atoms with Gasteiger partial charge in [0.05, 0.1) is 17.9 Å². The van der Waals surface area contributed by atoms with Crippen molar-refractivity contribution in [1.29, 1.82) is 0 Å². The zero-order valence-corrected chi connectivity index (χ0v) is 18.9. The lowest BCUT2D eigenvalue weighted by Gasteiger charge is -2.20. The van der Waals surface area contributed by atoms with E-state index in [9.17, 15) is 4.79 Å². The monoisotopic (exact) mass is 414 g/mol. The molecule has 1 heterocycles. The number of benzene rings is 1. The maximum absolute atomic E-state index is 11.7. The van der Waals surface area contributed by atoms with Crippen LogP contribution >= 0.6 is 0 Å². The van der Waals surface area contributed by atoms with Crippen molar-refractivity contribution < 1.29 is 9.53 Å². The Morgan fingerprint density at radius 3 is 2.47 bits per heavy atom. The molecule has 0 aliphatic heterocycles. The fourth-order valence-electron chi connectivity index (χ4n) is 2.89. The number of hydrogen-bond donors (Lipinski definition) is 3. The number of aryl methyl sites for hydroxylation is 2. The summed E-state index contributed by atoms with van der Waals surface area (Å²) >= 11 is 0. The van der Waals surface area contributed by atoms with Crippen molar-refractivity contribution in [2.75, 3.05) is 19.6 Å². The van der Waals surface area contributed by atoms with E-state index in [2.05, 4.69) is 39.2 Å². The smallest absolute Gasteiger partial charge is 0.407 e. The molecule has 164 valence electrons. The zero-order chi connectivity index (χ0) is 22.1. The van der Waals surface area contributed by atoms with Crippen molar-refractivity contribution in [1.82, 2.24) is 25.7 Å². The van der Waals surface area contributed by atoms with Crippen LogP contribution < -0.4 is 16.0 Å². The molecule has 1 aromatic heterocycles. The third-order valence-corrected chi connectivity index (χ3v) is 4.07. The summed E-state index contributed by atoms with van der Waals surface area (Å²) in [6, 6.07) is 10.2. The molecule has 2 rings (SSSR count). The molecular weight excluding hydrogens is 380 g/mol. The molecule has 1 amide bonds. The average Bonchev–Trinajstić information content (AvgIpc) is 3.00. The highest BCUT2D eigenvalue weighted by Gasteiger charge is 2.15. The molecule has 0 aliphatic rings. The van der Waals surface area contributed by atoms with E-state index in [-0.39, 0.29) is 0 Å². The van der Waals surface area contributed by atoms with Crippen LogP contribution in [0.4, 0.5) is 4.79 Å². The van der Waals surface area contributed by atoms with Gasteiger partial charge < -0.3 is 20.7 Å². The van der Waals surface area contributed by atoms with Gasteiger partial charge in [0, 0.05) is 25.3 Å². The molecule has 1 aromatic carbocycles. The van der Waals surface area contributed by atoms with Crippen LogP contribution in [0.15, 0.2) is 35.3 Å².